The third-order valence-electron chi connectivity index (χ3n) is 1.42. The maximum atomic E-state index is 12.5. The van der Waals surface area contributed by atoms with Crippen LogP contribution >= 0.6 is 15.9 Å². The molecule has 64 valence electrons. The van der Waals surface area contributed by atoms with Gasteiger partial charge in [-0.25, -0.2) is 4.39 Å². The highest BCUT2D eigenvalue weighted by molar-refractivity contribution is 9.10. The molecular weight excluding hydrogens is 225 g/mol. The Labute approximate surface area is 77.7 Å². The van der Waals surface area contributed by atoms with E-state index in [0.717, 1.165) is 0 Å². The van der Waals surface area contributed by atoms with Crippen LogP contribution in [0.1, 0.15) is 10.4 Å². The van der Waals surface area contributed by atoms with Gasteiger partial charge in [0.05, 0.1) is 6.54 Å². The molecule has 0 radical (unpaired) electrons. The Hall–Kier alpha value is -0.740. The van der Waals surface area contributed by atoms with E-state index in [0.29, 0.717) is 10.0 Å². The minimum absolute atomic E-state index is 0.0652. The molecule has 0 amide bonds. The first-order valence-corrected chi connectivity index (χ1v) is 4.12. The summed E-state index contributed by atoms with van der Waals surface area (Å²) in [6, 6.07) is 3.88. The Morgan fingerprint density at radius 2 is 2.25 bits per heavy atom. The van der Waals surface area contributed by atoms with Crippen LogP contribution in [0.15, 0.2) is 22.7 Å². The van der Waals surface area contributed by atoms with Gasteiger partial charge in [-0.05, 0) is 34.1 Å². The van der Waals surface area contributed by atoms with E-state index in [9.17, 15) is 9.18 Å². The number of nitrogens with two attached hydrogens (primary N) is 1. The summed E-state index contributed by atoms with van der Waals surface area (Å²) < 4.78 is 13.0. The van der Waals surface area contributed by atoms with Gasteiger partial charge in [0.15, 0.2) is 5.78 Å². The van der Waals surface area contributed by atoms with Gasteiger partial charge in [0, 0.05) is 10.0 Å². The molecule has 0 spiro atoms. The highest BCUT2D eigenvalue weighted by atomic mass is 79.9. The molecule has 0 aliphatic rings. The van der Waals surface area contributed by atoms with E-state index >= 15 is 0 Å². The standard InChI is InChI=1S/C8H7BrFNO/c9-7-3-5(10)1-2-6(7)8(12)4-11/h1-3H,4,11H2. The van der Waals surface area contributed by atoms with Gasteiger partial charge < -0.3 is 5.73 Å². The normalized spacial score (nSPS) is 9.92. The number of halogens is 2. The first-order valence-electron chi connectivity index (χ1n) is 3.33. The second-order valence-electron chi connectivity index (χ2n) is 2.25. The van der Waals surface area contributed by atoms with Crippen molar-refractivity contribution in [2.45, 2.75) is 0 Å². The van der Waals surface area contributed by atoms with Crippen molar-refractivity contribution in [3.05, 3.63) is 34.1 Å². The second-order valence-corrected chi connectivity index (χ2v) is 3.11. The predicted molar refractivity (Wildman–Crippen MR) is 47.5 cm³/mol. The molecule has 0 heterocycles. The van der Waals surface area contributed by atoms with Gasteiger partial charge in [0.1, 0.15) is 5.82 Å². The van der Waals surface area contributed by atoms with E-state index in [1.54, 1.807) is 0 Å². The van der Waals surface area contributed by atoms with Crippen molar-refractivity contribution in [3.63, 3.8) is 0 Å². The Kier molecular flexibility index (Phi) is 2.94. The van der Waals surface area contributed by atoms with Crippen LogP contribution in [-0.4, -0.2) is 12.3 Å². The van der Waals surface area contributed by atoms with Crippen molar-refractivity contribution in [1.29, 1.82) is 0 Å². The van der Waals surface area contributed by atoms with Crippen LogP contribution in [0.5, 0.6) is 0 Å². The average molecular weight is 232 g/mol. The molecule has 0 saturated carbocycles. The molecule has 0 aliphatic heterocycles. The van der Waals surface area contributed by atoms with Crippen molar-refractivity contribution < 1.29 is 9.18 Å². The largest absolute Gasteiger partial charge is 0.324 e. The molecule has 0 saturated heterocycles. The minimum Gasteiger partial charge on any atom is -0.324 e. The Bertz CT molecular complexity index is 314. The molecule has 2 N–H and O–H groups in total. The first-order chi connectivity index (χ1) is 5.65. The van der Waals surface area contributed by atoms with Gasteiger partial charge in [0.2, 0.25) is 0 Å². The van der Waals surface area contributed by atoms with Crippen molar-refractivity contribution >= 4 is 21.7 Å². The molecule has 0 bridgehead atoms. The number of ketones is 1. The Balaban J connectivity index is 3.09. The number of rotatable bonds is 2. The summed E-state index contributed by atoms with van der Waals surface area (Å²) >= 11 is 3.07. The molecule has 1 aromatic carbocycles. The summed E-state index contributed by atoms with van der Waals surface area (Å²) in [5, 5.41) is 0. The molecule has 4 heteroatoms. The number of benzene rings is 1. The second kappa shape index (κ2) is 3.78. The Morgan fingerprint density at radius 1 is 1.58 bits per heavy atom. The fourth-order valence-electron chi connectivity index (χ4n) is 0.826. The highest BCUT2D eigenvalue weighted by Gasteiger charge is 2.07. The van der Waals surface area contributed by atoms with Crippen LogP contribution in [0.2, 0.25) is 0 Å². The fourth-order valence-corrected chi connectivity index (χ4v) is 1.40. The number of carbonyl (C=O) groups is 1. The SMILES string of the molecule is NCC(=O)c1ccc(F)cc1Br. The van der Waals surface area contributed by atoms with Crippen LogP contribution in [0, 0.1) is 5.82 Å². The lowest BCUT2D eigenvalue weighted by molar-refractivity contribution is 0.100. The molecule has 0 aliphatic carbocycles. The maximum Gasteiger partial charge on any atom is 0.177 e. The molecule has 0 unspecified atom stereocenters. The van der Waals surface area contributed by atoms with Gasteiger partial charge >= 0.3 is 0 Å². The molecular formula is C8H7BrFNO. The molecule has 1 rings (SSSR count). The van der Waals surface area contributed by atoms with Gasteiger partial charge in [-0.2, -0.15) is 0 Å². The minimum atomic E-state index is -0.379. The zero-order valence-electron chi connectivity index (χ0n) is 6.18. The van der Waals surface area contributed by atoms with E-state index in [2.05, 4.69) is 15.9 Å². The van der Waals surface area contributed by atoms with E-state index in [1.165, 1.54) is 18.2 Å². The lowest BCUT2D eigenvalue weighted by Gasteiger charge is -2.00. The van der Waals surface area contributed by atoms with Crippen molar-refractivity contribution in [2.24, 2.45) is 5.73 Å². The molecule has 0 aromatic heterocycles. The summed E-state index contributed by atoms with van der Waals surface area (Å²) in [6.07, 6.45) is 0. The number of hydrogen-bond acceptors (Lipinski definition) is 2. The van der Waals surface area contributed by atoms with E-state index in [1.807, 2.05) is 0 Å². The highest BCUT2D eigenvalue weighted by Crippen LogP contribution is 2.17. The fraction of sp³-hybridized carbons (Fsp3) is 0.125. The zero-order chi connectivity index (χ0) is 9.14. The van der Waals surface area contributed by atoms with E-state index in [4.69, 9.17) is 5.73 Å². The van der Waals surface area contributed by atoms with Crippen LogP contribution in [0.4, 0.5) is 4.39 Å². The summed E-state index contributed by atoms with van der Waals surface area (Å²) in [4.78, 5) is 11.1. The zero-order valence-corrected chi connectivity index (χ0v) is 7.77. The predicted octanol–water partition coefficient (Wildman–Crippen LogP) is 1.73. The molecule has 0 atom stereocenters. The van der Waals surface area contributed by atoms with Crippen LogP contribution in [0.25, 0.3) is 0 Å². The van der Waals surface area contributed by atoms with E-state index in [-0.39, 0.29) is 18.1 Å². The lowest BCUT2D eigenvalue weighted by atomic mass is 10.1. The average Bonchev–Trinajstić information content (AvgIpc) is 2.03. The summed E-state index contributed by atoms with van der Waals surface area (Å²) in [7, 11) is 0. The first kappa shape index (κ1) is 9.35. The van der Waals surface area contributed by atoms with Crippen molar-refractivity contribution in [3.8, 4) is 0 Å². The number of carbonyl (C=O) groups excluding carboxylic acids is 1. The smallest absolute Gasteiger partial charge is 0.177 e. The molecule has 0 fully saturated rings. The lowest BCUT2D eigenvalue weighted by Crippen LogP contribution is -2.14. The van der Waals surface area contributed by atoms with Gasteiger partial charge in [-0.15, -0.1) is 0 Å². The van der Waals surface area contributed by atoms with Crippen molar-refractivity contribution in [2.75, 3.05) is 6.54 Å². The van der Waals surface area contributed by atoms with Gasteiger partial charge in [-0.3, -0.25) is 4.79 Å². The molecule has 2 nitrogen and oxygen atoms in total. The van der Waals surface area contributed by atoms with Gasteiger partial charge in [0.25, 0.3) is 0 Å². The third-order valence-corrected chi connectivity index (χ3v) is 2.07. The Morgan fingerprint density at radius 3 is 2.75 bits per heavy atom. The third kappa shape index (κ3) is 1.89. The van der Waals surface area contributed by atoms with Gasteiger partial charge in [-0.1, -0.05) is 0 Å². The quantitative estimate of drug-likeness (QED) is 0.789. The molecule has 1 aromatic rings. The van der Waals surface area contributed by atoms with Crippen molar-refractivity contribution in [1.82, 2.24) is 0 Å². The number of Topliss-reactive ketones (excluding diaryl/α,β-unsaturated/α-hetero) is 1. The summed E-state index contributed by atoms with van der Waals surface area (Å²) in [5.41, 5.74) is 5.56. The van der Waals surface area contributed by atoms with Crippen LogP contribution in [-0.2, 0) is 0 Å². The van der Waals surface area contributed by atoms with Crippen LogP contribution < -0.4 is 5.73 Å². The number of hydrogen-bond donors (Lipinski definition) is 1. The monoisotopic (exact) mass is 231 g/mol. The van der Waals surface area contributed by atoms with E-state index < -0.39 is 0 Å². The summed E-state index contributed by atoms with van der Waals surface area (Å²) in [6.45, 7) is -0.0652. The molecule has 12 heavy (non-hydrogen) atoms. The van der Waals surface area contributed by atoms with Crippen LogP contribution in [0.3, 0.4) is 0 Å². The maximum absolute atomic E-state index is 12.5. The topological polar surface area (TPSA) is 43.1 Å². The summed E-state index contributed by atoms with van der Waals surface area (Å²) in [5.74, 6) is -0.586.